The number of carbonyl (C=O) groups excluding carboxylic acids is 2. The average Bonchev–Trinajstić information content (AvgIpc) is 2.67. The van der Waals surface area contributed by atoms with E-state index < -0.39 is 0 Å². The molecule has 0 bridgehead atoms. The van der Waals surface area contributed by atoms with E-state index in [0.717, 1.165) is 0 Å². The summed E-state index contributed by atoms with van der Waals surface area (Å²) in [5, 5.41) is 8.29. The fraction of sp³-hybridized carbons (Fsp3) is 0.150. The number of carbonyl (C=O) groups is 2. The molecule has 7 heteroatoms. The predicted molar refractivity (Wildman–Crippen MR) is 110 cm³/mol. The first-order valence-corrected chi connectivity index (χ1v) is 8.79. The number of nitrogens with one attached hydrogen (secondary N) is 3. The highest BCUT2D eigenvalue weighted by atomic mass is 32.1. The fourth-order valence-corrected chi connectivity index (χ4v) is 2.45. The Bertz CT molecular complexity index is 835. The molecule has 0 aromatic heterocycles. The second kappa shape index (κ2) is 10.1. The molecule has 2 aromatic carbocycles. The Balaban J connectivity index is 2.02. The highest BCUT2D eigenvalue weighted by Gasteiger charge is 2.13. The van der Waals surface area contributed by atoms with Gasteiger partial charge in [0.15, 0.2) is 5.11 Å². The van der Waals surface area contributed by atoms with E-state index in [-0.39, 0.29) is 16.9 Å². The summed E-state index contributed by atoms with van der Waals surface area (Å²) in [5.41, 5.74) is 1.35. The maximum atomic E-state index is 12.3. The molecule has 0 saturated carbocycles. The quantitative estimate of drug-likeness (QED) is 0.506. The third kappa shape index (κ3) is 5.93. The lowest BCUT2D eigenvalue weighted by Gasteiger charge is -2.13. The number of hydrogen-bond acceptors (Lipinski definition) is 4. The van der Waals surface area contributed by atoms with Gasteiger partial charge in [0.25, 0.3) is 11.8 Å². The normalized spacial score (nSPS) is 9.81. The summed E-state index contributed by atoms with van der Waals surface area (Å²) in [5.74, 6) is 0.0667. The Morgan fingerprint density at radius 1 is 1.11 bits per heavy atom. The van der Waals surface area contributed by atoms with Crippen molar-refractivity contribution in [3.8, 4) is 5.75 Å². The third-order valence-electron chi connectivity index (χ3n) is 3.48. The van der Waals surface area contributed by atoms with Crippen LogP contribution in [0.4, 0.5) is 5.69 Å². The van der Waals surface area contributed by atoms with Crippen molar-refractivity contribution in [2.75, 3.05) is 18.5 Å². The summed E-state index contributed by atoms with van der Waals surface area (Å²) >= 11 is 5.20. The molecule has 0 aliphatic carbocycles. The monoisotopic (exact) mass is 383 g/mol. The number of ether oxygens (including phenoxy) is 1. The number of anilines is 1. The van der Waals surface area contributed by atoms with Gasteiger partial charge in [-0.15, -0.1) is 6.58 Å². The smallest absolute Gasteiger partial charge is 0.257 e. The lowest BCUT2D eigenvalue weighted by Crippen LogP contribution is -2.35. The molecule has 0 saturated heterocycles. The predicted octanol–water partition coefficient (Wildman–Crippen LogP) is 3.13. The van der Waals surface area contributed by atoms with Crippen LogP contribution in [0.3, 0.4) is 0 Å². The van der Waals surface area contributed by atoms with E-state index in [9.17, 15) is 9.59 Å². The third-order valence-corrected chi connectivity index (χ3v) is 3.69. The van der Waals surface area contributed by atoms with Gasteiger partial charge in [0.2, 0.25) is 0 Å². The first kappa shape index (κ1) is 20.1. The summed E-state index contributed by atoms with van der Waals surface area (Å²) in [4.78, 5) is 24.5. The zero-order valence-electron chi connectivity index (χ0n) is 15.0. The van der Waals surface area contributed by atoms with E-state index in [4.69, 9.17) is 17.0 Å². The maximum Gasteiger partial charge on any atom is 0.257 e. The van der Waals surface area contributed by atoms with Crippen LogP contribution in [0.2, 0.25) is 0 Å². The van der Waals surface area contributed by atoms with Crippen molar-refractivity contribution in [3.63, 3.8) is 0 Å². The number of thiocarbonyl (C=S) groups is 1. The summed E-state index contributed by atoms with van der Waals surface area (Å²) in [7, 11) is 0. The van der Waals surface area contributed by atoms with Crippen molar-refractivity contribution < 1.29 is 14.3 Å². The van der Waals surface area contributed by atoms with Crippen molar-refractivity contribution in [3.05, 3.63) is 72.3 Å². The highest BCUT2D eigenvalue weighted by molar-refractivity contribution is 7.80. The van der Waals surface area contributed by atoms with E-state index >= 15 is 0 Å². The van der Waals surface area contributed by atoms with Gasteiger partial charge in [0.1, 0.15) is 5.75 Å². The van der Waals surface area contributed by atoms with E-state index in [0.29, 0.717) is 35.7 Å². The van der Waals surface area contributed by atoms with Crippen molar-refractivity contribution in [1.29, 1.82) is 0 Å². The lowest BCUT2D eigenvalue weighted by molar-refractivity contribution is 0.0956. The van der Waals surface area contributed by atoms with Gasteiger partial charge in [0, 0.05) is 12.1 Å². The molecule has 6 nitrogen and oxygen atoms in total. The molecule has 0 heterocycles. The van der Waals surface area contributed by atoms with Gasteiger partial charge < -0.3 is 15.4 Å². The molecule has 0 unspecified atom stereocenters. The summed E-state index contributed by atoms with van der Waals surface area (Å²) in [6.45, 7) is 6.37. The molecule has 0 aliphatic heterocycles. The molecule has 2 aromatic rings. The Morgan fingerprint density at radius 3 is 2.48 bits per heavy atom. The van der Waals surface area contributed by atoms with Gasteiger partial charge in [-0.1, -0.05) is 18.2 Å². The number of amides is 2. The van der Waals surface area contributed by atoms with Crippen LogP contribution in [0.25, 0.3) is 0 Å². The SMILES string of the molecule is C=CCNC(=O)c1ccccc1NC(=S)NC(=O)c1ccc(OCC)cc1. The summed E-state index contributed by atoms with van der Waals surface area (Å²) in [6, 6.07) is 13.6. The molecule has 2 rings (SSSR count). The minimum absolute atomic E-state index is 0.0952. The van der Waals surface area contributed by atoms with Crippen LogP contribution in [0.5, 0.6) is 5.75 Å². The molecule has 0 fully saturated rings. The van der Waals surface area contributed by atoms with E-state index in [1.54, 1.807) is 54.6 Å². The standard InChI is InChI=1S/C20H21N3O3S/c1-3-13-21-19(25)16-7-5-6-8-17(16)22-20(27)23-18(24)14-9-11-15(12-10-14)26-4-2/h3,5-12H,1,4,13H2,2H3,(H,21,25)(H2,22,23,24,27). The van der Waals surface area contributed by atoms with Crippen LogP contribution in [0.1, 0.15) is 27.6 Å². The maximum absolute atomic E-state index is 12.3. The number of hydrogen-bond donors (Lipinski definition) is 3. The first-order valence-electron chi connectivity index (χ1n) is 8.38. The zero-order chi connectivity index (χ0) is 19.6. The minimum atomic E-state index is -0.357. The fourth-order valence-electron chi connectivity index (χ4n) is 2.25. The van der Waals surface area contributed by atoms with Gasteiger partial charge in [-0.05, 0) is 55.5 Å². The van der Waals surface area contributed by atoms with Gasteiger partial charge in [-0.3, -0.25) is 14.9 Å². The molecule has 2 amide bonds. The highest BCUT2D eigenvalue weighted by Crippen LogP contribution is 2.15. The summed E-state index contributed by atoms with van der Waals surface area (Å²) in [6.07, 6.45) is 1.59. The largest absolute Gasteiger partial charge is 0.494 e. The number of rotatable bonds is 7. The molecule has 0 aliphatic rings. The second-order valence-electron chi connectivity index (χ2n) is 5.41. The van der Waals surface area contributed by atoms with Crippen LogP contribution >= 0.6 is 12.2 Å². The molecule has 27 heavy (non-hydrogen) atoms. The molecule has 0 spiro atoms. The summed E-state index contributed by atoms with van der Waals surface area (Å²) < 4.78 is 5.35. The zero-order valence-corrected chi connectivity index (χ0v) is 15.8. The molecule has 140 valence electrons. The van der Waals surface area contributed by atoms with Crippen LogP contribution in [-0.2, 0) is 0 Å². The van der Waals surface area contributed by atoms with Crippen LogP contribution in [0.15, 0.2) is 61.2 Å². The van der Waals surface area contributed by atoms with Crippen LogP contribution in [-0.4, -0.2) is 30.1 Å². The first-order chi connectivity index (χ1) is 13.0. The van der Waals surface area contributed by atoms with Gasteiger partial charge >= 0.3 is 0 Å². The molecular formula is C20H21N3O3S. The van der Waals surface area contributed by atoms with Crippen molar-refractivity contribution in [2.24, 2.45) is 0 Å². The Labute approximate surface area is 163 Å². The topological polar surface area (TPSA) is 79.5 Å². The average molecular weight is 383 g/mol. The number of para-hydroxylation sites is 1. The van der Waals surface area contributed by atoms with Crippen molar-refractivity contribution in [2.45, 2.75) is 6.92 Å². The van der Waals surface area contributed by atoms with Gasteiger partial charge in [0.05, 0.1) is 17.9 Å². The Morgan fingerprint density at radius 2 is 1.81 bits per heavy atom. The number of benzene rings is 2. The minimum Gasteiger partial charge on any atom is -0.494 e. The van der Waals surface area contributed by atoms with E-state index in [1.807, 2.05) is 6.92 Å². The van der Waals surface area contributed by atoms with Crippen LogP contribution in [0, 0.1) is 0 Å². The second-order valence-corrected chi connectivity index (χ2v) is 5.82. The molecule has 0 radical (unpaired) electrons. The van der Waals surface area contributed by atoms with Crippen molar-refractivity contribution >= 4 is 34.8 Å². The molecular weight excluding hydrogens is 362 g/mol. The lowest BCUT2D eigenvalue weighted by atomic mass is 10.1. The van der Waals surface area contributed by atoms with E-state index in [1.165, 1.54) is 0 Å². The molecule has 3 N–H and O–H groups in total. The van der Waals surface area contributed by atoms with Gasteiger partial charge in [-0.25, -0.2) is 0 Å². The molecule has 0 atom stereocenters. The van der Waals surface area contributed by atoms with Crippen LogP contribution < -0.4 is 20.7 Å². The van der Waals surface area contributed by atoms with E-state index in [2.05, 4.69) is 22.5 Å². The van der Waals surface area contributed by atoms with Gasteiger partial charge in [-0.2, -0.15) is 0 Å². The van der Waals surface area contributed by atoms with Crippen molar-refractivity contribution in [1.82, 2.24) is 10.6 Å². The Hall–Kier alpha value is -3.19. The Kier molecular flexibility index (Phi) is 7.51.